The summed E-state index contributed by atoms with van der Waals surface area (Å²) in [5, 5.41) is 1.98. The molecule has 0 atom stereocenters. The van der Waals surface area contributed by atoms with Gasteiger partial charge in [-0.2, -0.15) is 0 Å². The van der Waals surface area contributed by atoms with Crippen LogP contribution in [0.1, 0.15) is 0 Å². The Bertz CT molecular complexity index is 1180. The molecular weight excluding hydrogens is 526 g/mol. The van der Waals surface area contributed by atoms with Crippen LogP contribution < -0.4 is 0 Å². The van der Waals surface area contributed by atoms with Crippen molar-refractivity contribution in [1.82, 2.24) is 19.9 Å². The second-order valence-corrected chi connectivity index (χ2v) is 7.77. The van der Waals surface area contributed by atoms with E-state index in [1.807, 2.05) is 24.3 Å². The number of aromatic nitrogens is 4. The van der Waals surface area contributed by atoms with Crippen molar-refractivity contribution in [3.05, 3.63) is 55.9 Å². The lowest BCUT2D eigenvalue weighted by atomic mass is 10.1. The van der Waals surface area contributed by atoms with Crippen molar-refractivity contribution < 1.29 is 0 Å². The first-order chi connectivity index (χ1) is 11.7. The van der Waals surface area contributed by atoms with Crippen LogP contribution in [-0.2, 0) is 0 Å². The maximum atomic E-state index is 4.97. The molecule has 0 bridgehead atoms. The molecule has 114 valence electrons. The zero-order valence-corrected chi connectivity index (χ0v) is 16.5. The maximum Gasteiger partial charge on any atom is 0.104 e. The third-order valence-corrected chi connectivity index (χ3v) is 5.82. The molecule has 0 unspecified atom stereocenters. The first-order valence-corrected chi connectivity index (χ1v) is 9.46. The van der Waals surface area contributed by atoms with Crippen molar-refractivity contribution in [2.45, 2.75) is 0 Å². The Labute approximate surface area is 164 Å². The van der Waals surface area contributed by atoms with Crippen LogP contribution in [0, 0.1) is 7.14 Å². The quantitative estimate of drug-likeness (QED) is 0.158. The molecular formula is C18H8I2N4. The molecule has 0 aliphatic heterocycles. The van der Waals surface area contributed by atoms with Crippen molar-refractivity contribution in [2.24, 2.45) is 0 Å². The second kappa shape index (κ2) is 5.41. The molecule has 0 radical (unpaired) electrons. The molecule has 0 fully saturated rings. The first-order valence-electron chi connectivity index (χ1n) is 7.31. The number of pyridine rings is 2. The predicted molar refractivity (Wildman–Crippen MR) is 113 cm³/mol. The van der Waals surface area contributed by atoms with Gasteiger partial charge in [-0.05, 0) is 81.6 Å². The zero-order valence-electron chi connectivity index (χ0n) is 12.2. The Balaban J connectivity index is 2.17. The van der Waals surface area contributed by atoms with Gasteiger partial charge in [-0.25, -0.2) is 9.97 Å². The van der Waals surface area contributed by atoms with Gasteiger partial charge in [0.1, 0.15) is 11.0 Å². The van der Waals surface area contributed by atoms with Gasteiger partial charge in [-0.1, -0.05) is 0 Å². The summed E-state index contributed by atoms with van der Waals surface area (Å²) in [6.07, 6.45) is 3.59. The Morgan fingerprint density at radius 2 is 1.00 bits per heavy atom. The summed E-state index contributed by atoms with van der Waals surface area (Å²) in [5.74, 6) is 0. The monoisotopic (exact) mass is 534 g/mol. The lowest BCUT2D eigenvalue weighted by Crippen LogP contribution is -1.96. The summed E-state index contributed by atoms with van der Waals surface area (Å²) in [5.41, 5.74) is 5.37. The number of fused-ring (bicyclic) bond motifs is 7. The Kier molecular flexibility index (Phi) is 3.30. The topological polar surface area (TPSA) is 51.6 Å². The van der Waals surface area contributed by atoms with Gasteiger partial charge in [0.2, 0.25) is 0 Å². The summed E-state index contributed by atoms with van der Waals surface area (Å²) < 4.78 is 2.20. The van der Waals surface area contributed by atoms with Crippen molar-refractivity contribution in [3.63, 3.8) is 0 Å². The van der Waals surface area contributed by atoms with Crippen LogP contribution >= 0.6 is 45.2 Å². The van der Waals surface area contributed by atoms with Gasteiger partial charge in [0.25, 0.3) is 0 Å². The molecule has 24 heavy (non-hydrogen) atoms. The molecule has 0 saturated carbocycles. The normalized spacial score (nSPS) is 11.8. The molecule has 3 aromatic heterocycles. The van der Waals surface area contributed by atoms with Gasteiger partial charge < -0.3 is 0 Å². The standard InChI is InChI=1S/C18H8I2N4/c19-11-5-6-12(20)18-17(11)23-15-9-3-1-7-21-13(9)14-10(16(15)24-18)4-2-8-22-14/h1-8H. The Morgan fingerprint density at radius 3 is 1.46 bits per heavy atom. The Morgan fingerprint density at radius 1 is 0.542 bits per heavy atom. The summed E-state index contributed by atoms with van der Waals surface area (Å²) in [6, 6.07) is 12.1. The van der Waals surface area contributed by atoms with Gasteiger partial charge in [0, 0.05) is 30.3 Å². The SMILES string of the molecule is Ic1ccc(I)c2nc3c4cccnc4c4ncccc4c3nc12. The van der Waals surface area contributed by atoms with Crippen molar-refractivity contribution in [3.8, 4) is 0 Å². The largest absolute Gasteiger partial charge is 0.254 e. The summed E-state index contributed by atoms with van der Waals surface area (Å²) in [6.45, 7) is 0. The number of rotatable bonds is 0. The summed E-state index contributed by atoms with van der Waals surface area (Å²) >= 11 is 4.63. The van der Waals surface area contributed by atoms with E-state index in [-0.39, 0.29) is 0 Å². The molecule has 0 saturated heterocycles. The number of hydrogen-bond donors (Lipinski definition) is 0. The molecule has 0 aliphatic carbocycles. The van der Waals surface area contributed by atoms with Gasteiger partial charge in [-0.15, -0.1) is 0 Å². The average molecular weight is 534 g/mol. The highest BCUT2D eigenvalue weighted by atomic mass is 127. The lowest BCUT2D eigenvalue weighted by Gasteiger charge is -2.10. The molecule has 5 aromatic rings. The number of halogens is 2. The predicted octanol–water partition coefficient (Wildman–Crippen LogP) is 5.09. The molecule has 0 N–H and O–H groups in total. The summed E-state index contributed by atoms with van der Waals surface area (Å²) in [7, 11) is 0. The highest BCUT2D eigenvalue weighted by molar-refractivity contribution is 14.1. The van der Waals surface area contributed by atoms with E-state index in [0.717, 1.165) is 51.0 Å². The van der Waals surface area contributed by atoms with E-state index >= 15 is 0 Å². The smallest absolute Gasteiger partial charge is 0.104 e. The van der Waals surface area contributed by atoms with Crippen molar-refractivity contribution in [2.75, 3.05) is 0 Å². The van der Waals surface area contributed by atoms with E-state index < -0.39 is 0 Å². The van der Waals surface area contributed by atoms with Gasteiger partial charge in [-0.3, -0.25) is 9.97 Å². The van der Waals surface area contributed by atoms with Gasteiger partial charge in [0.15, 0.2) is 0 Å². The molecule has 5 rings (SSSR count). The summed E-state index contributed by atoms with van der Waals surface area (Å²) in [4.78, 5) is 19.0. The molecule has 4 nitrogen and oxygen atoms in total. The van der Waals surface area contributed by atoms with Crippen LogP contribution in [0.5, 0.6) is 0 Å². The van der Waals surface area contributed by atoms with Crippen LogP contribution in [0.4, 0.5) is 0 Å². The van der Waals surface area contributed by atoms with Crippen LogP contribution in [0.15, 0.2) is 48.8 Å². The van der Waals surface area contributed by atoms with E-state index in [9.17, 15) is 0 Å². The van der Waals surface area contributed by atoms with Crippen molar-refractivity contribution in [1.29, 1.82) is 0 Å². The second-order valence-electron chi connectivity index (χ2n) is 5.45. The maximum absolute atomic E-state index is 4.97. The number of nitrogens with zero attached hydrogens (tertiary/aromatic N) is 4. The number of benzene rings is 2. The fourth-order valence-corrected chi connectivity index (χ4v) is 4.13. The van der Waals surface area contributed by atoms with Crippen molar-refractivity contribution >= 4 is 89.1 Å². The van der Waals surface area contributed by atoms with E-state index in [0.29, 0.717) is 0 Å². The van der Waals surface area contributed by atoms with Gasteiger partial charge in [0.05, 0.1) is 22.1 Å². The fraction of sp³-hybridized carbons (Fsp3) is 0. The molecule has 0 spiro atoms. The number of hydrogen-bond acceptors (Lipinski definition) is 4. The first kappa shape index (κ1) is 14.6. The van der Waals surface area contributed by atoms with Gasteiger partial charge >= 0.3 is 0 Å². The molecule has 2 aromatic carbocycles. The third-order valence-electron chi connectivity index (χ3n) is 4.07. The highest BCUT2D eigenvalue weighted by Gasteiger charge is 2.15. The van der Waals surface area contributed by atoms with E-state index in [1.165, 1.54) is 0 Å². The van der Waals surface area contributed by atoms with Crippen LogP contribution in [0.25, 0.3) is 43.9 Å². The van der Waals surface area contributed by atoms with Crippen LogP contribution in [0.3, 0.4) is 0 Å². The Hall–Kier alpha value is -1.68. The lowest BCUT2D eigenvalue weighted by molar-refractivity contribution is 1.35. The minimum Gasteiger partial charge on any atom is -0.254 e. The van der Waals surface area contributed by atoms with Crippen LogP contribution in [0.2, 0.25) is 0 Å². The zero-order chi connectivity index (χ0) is 16.3. The third kappa shape index (κ3) is 2.02. The van der Waals surface area contributed by atoms with E-state index in [2.05, 4.69) is 67.3 Å². The average Bonchev–Trinajstić information content (AvgIpc) is 2.64. The fourth-order valence-electron chi connectivity index (χ4n) is 3.02. The van der Waals surface area contributed by atoms with E-state index in [4.69, 9.17) is 9.97 Å². The van der Waals surface area contributed by atoms with Crippen LogP contribution in [-0.4, -0.2) is 19.9 Å². The molecule has 0 amide bonds. The van der Waals surface area contributed by atoms with E-state index in [1.54, 1.807) is 12.4 Å². The molecule has 6 heteroatoms. The highest BCUT2D eigenvalue weighted by Crippen LogP contribution is 2.33. The molecule has 3 heterocycles. The minimum absolute atomic E-state index is 0.870. The molecule has 0 aliphatic rings. The minimum atomic E-state index is 0.870.